The maximum atomic E-state index is 4.28. The van der Waals surface area contributed by atoms with E-state index in [0.29, 0.717) is 0 Å². The molecule has 1 rings (SSSR count). The lowest BCUT2D eigenvalue weighted by Gasteiger charge is -2.11. The minimum Gasteiger partial charge on any atom is -0.336 e. The van der Waals surface area contributed by atoms with E-state index in [4.69, 9.17) is 0 Å². The molecule has 0 aliphatic carbocycles. The molecule has 0 aromatic rings. The van der Waals surface area contributed by atoms with Crippen LogP contribution in [-0.4, -0.2) is 23.8 Å². The molecule has 0 fully saturated rings. The van der Waals surface area contributed by atoms with E-state index in [0.717, 1.165) is 19.5 Å². The standard InChI is InChI=1S/C7H12N2/c1-3-7-8-5-6-9(7)4-2/h4H,2-3,5-6H2,1H3. The average molecular weight is 124 g/mol. The van der Waals surface area contributed by atoms with Gasteiger partial charge >= 0.3 is 0 Å². The van der Waals surface area contributed by atoms with Crippen LogP contribution in [0.5, 0.6) is 0 Å². The zero-order valence-electron chi connectivity index (χ0n) is 5.80. The summed E-state index contributed by atoms with van der Waals surface area (Å²) in [6.07, 6.45) is 2.86. The van der Waals surface area contributed by atoms with Gasteiger partial charge in [-0.3, -0.25) is 4.99 Å². The number of rotatable bonds is 2. The molecule has 0 aromatic carbocycles. The van der Waals surface area contributed by atoms with Crippen molar-refractivity contribution >= 4 is 5.84 Å². The highest BCUT2D eigenvalue weighted by Crippen LogP contribution is 2.03. The van der Waals surface area contributed by atoms with Gasteiger partial charge in [0.05, 0.1) is 6.54 Å². The molecule has 1 aliphatic heterocycles. The minimum absolute atomic E-state index is 0.940. The normalized spacial score (nSPS) is 17.9. The van der Waals surface area contributed by atoms with E-state index in [2.05, 4.69) is 23.4 Å². The van der Waals surface area contributed by atoms with E-state index in [9.17, 15) is 0 Å². The fourth-order valence-corrected chi connectivity index (χ4v) is 1.02. The molecule has 0 saturated carbocycles. The second-order valence-electron chi connectivity index (χ2n) is 2.03. The highest BCUT2D eigenvalue weighted by Gasteiger charge is 2.09. The van der Waals surface area contributed by atoms with Crippen molar-refractivity contribution in [2.75, 3.05) is 13.1 Å². The molecule has 0 aromatic heterocycles. The van der Waals surface area contributed by atoms with E-state index >= 15 is 0 Å². The number of amidine groups is 1. The monoisotopic (exact) mass is 124 g/mol. The molecule has 0 saturated heterocycles. The van der Waals surface area contributed by atoms with E-state index in [1.54, 1.807) is 0 Å². The SMILES string of the molecule is C=CN1CCN=C1CC. The van der Waals surface area contributed by atoms with Gasteiger partial charge in [-0.25, -0.2) is 0 Å². The van der Waals surface area contributed by atoms with Crippen molar-refractivity contribution in [3.05, 3.63) is 12.8 Å². The van der Waals surface area contributed by atoms with Crippen molar-refractivity contribution in [1.82, 2.24) is 4.90 Å². The first-order chi connectivity index (χ1) is 4.38. The summed E-state index contributed by atoms with van der Waals surface area (Å²) in [5.74, 6) is 1.17. The summed E-state index contributed by atoms with van der Waals surface area (Å²) in [5, 5.41) is 0. The zero-order valence-corrected chi connectivity index (χ0v) is 5.80. The Morgan fingerprint density at radius 1 is 1.89 bits per heavy atom. The summed E-state index contributed by atoms with van der Waals surface area (Å²) in [6, 6.07) is 0. The van der Waals surface area contributed by atoms with Gasteiger partial charge < -0.3 is 4.90 Å². The van der Waals surface area contributed by atoms with Gasteiger partial charge in [-0.15, -0.1) is 0 Å². The number of hydrogen-bond donors (Lipinski definition) is 0. The summed E-state index contributed by atoms with van der Waals surface area (Å²) in [4.78, 5) is 6.38. The van der Waals surface area contributed by atoms with Crippen LogP contribution >= 0.6 is 0 Å². The first kappa shape index (κ1) is 6.33. The topological polar surface area (TPSA) is 15.6 Å². The average Bonchev–Trinajstić information content (AvgIpc) is 2.33. The van der Waals surface area contributed by atoms with Crippen LogP contribution in [0.4, 0.5) is 0 Å². The number of nitrogens with zero attached hydrogens (tertiary/aromatic N) is 2. The Labute approximate surface area is 55.9 Å². The van der Waals surface area contributed by atoms with Crippen molar-refractivity contribution in [3.8, 4) is 0 Å². The molecule has 0 radical (unpaired) electrons. The maximum Gasteiger partial charge on any atom is 0.103 e. The van der Waals surface area contributed by atoms with E-state index in [1.807, 2.05) is 6.20 Å². The van der Waals surface area contributed by atoms with Gasteiger partial charge in [0.15, 0.2) is 0 Å². The molecule has 9 heavy (non-hydrogen) atoms. The fraction of sp³-hybridized carbons (Fsp3) is 0.571. The van der Waals surface area contributed by atoms with Gasteiger partial charge in [0.1, 0.15) is 5.84 Å². The largest absolute Gasteiger partial charge is 0.336 e. The van der Waals surface area contributed by atoms with Crippen molar-refractivity contribution in [2.45, 2.75) is 13.3 Å². The van der Waals surface area contributed by atoms with Crippen LogP contribution in [0.2, 0.25) is 0 Å². The third-order valence-electron chi connectivity index (χ3n) is 1.50. The molecule has 2 heteroatoms. The molecule has 0 amide bonds. The van der Waals surface area contributed by atoms with Crippen LogP contribution in [-0.2, 0) is 0 Å². The predicted molar refractivity (Wildman–Crippen MR) is 39.5 cm³/mol. The van der Waals surface area contributed by atoms with Crippen LogP contribution in [0.15, 0.2) is 17.8 Å². The Bertz CT molecular complexity index is 138. The lowest BCUT2D eigenvalue weighted by Crippen LogP contribution is -2.19. The van der Waals surface area contributed by atoms with Crippen LogP contribution in [0, 0.1) is 0 Å². The first-order valence-electron chi connectivity index (χ1n) is 3.31. The van der Waals surface area contributed by atoms with Crippen molar-refractivity contribution in [3.63, 3.8) is 0 Å². The Morgan fingerprint density at radius 2 is 2.67 bits per heavy atom. The Morgan fingerprint density at radius 3 is 3.11 bits per heavy atom. The van der Waals surface area contributed by atoms with Crippen molar-refractivity contribution < 1.29 is 0 Å². The van der Waals surface area contributed by atoms with Crippen LogP contribution in [0.25, 0.3) is 0 Å². The summed E-state index contributed by atoms with van der Waals surface area (Å²) in [6.45, 7) is 7.76. The van der Waals surface area contributed by atoms with E-state index in [-0.39, 0.29) is 0 Å². The highest BCUT2D eigenvalue weighted by molar-refractivity contribution is 5.84. The molecule has 1 heterocycles. The van der Waals surface area contributed by atoms with E-state index < -0.39 is 0 Å². The van der Waals surface area contributed by atoms with Crippen LogP contribution in [0.1, 0.15) is 13.3 Å². The van der Waals surface area contributed by atoms with E-state index in [1.165, 1.54) is 5.84 Å². The minimum atomic E-state index is 0.940. The van der Waals surface area contributed by atoms with Gasteiger partial charge in [0, 0.05) is 13.0 Å². The molecular weight excluding hydrogens is 112 g/mol. The van der Waals surface area contributed by atoms with Gasteiger partial charge in [0.2, 0.25) is 0 Å². The lowest BCUT2D eigenvalue weighted by molar-refractivity contribution is 0.603. The second kappa shape index (κ2) is 2.67. The first-order valence-corrected chi connectivity index (χ1v) is 3.31. The molecule has 0 N–H and O–H groups in total. The number of aliphatic imine (C=N–C) groups is 1. The quantitative estimate of drug-likeness (QED) is 0.541. The van der Waals surface area contributed by atoms with Gasteiger partial charge in [0.25, 0.3) is 0 Å². The smallest absolute Gasteiger partial charge is 0.103 e. The third-order valence-corrected chi connectivity index (χ3v) is 1.50. The molecule has 2 nitrogen and oxygen atoms in total. The molecule has 0 bridgehead atoms. The summed E-state index contributed by atoms with van der Waals surface area (Å²) in [7, 11) is 0. The summed E-state index contributed by atoms with van der Waals surface area (Å²) in [5.41, 5.74) is 0. The summed E-state index contributed by atoms with van der Waals surface area (Å²) < 4.78 is 0. The van der Waals surface area contributed by atoms with Crippen molar-refractivity contribution in [2.24, 2.45) is 4.99 Å². The molecule has 0 atom stereocenters. The maximum absolute atomic E-state index is 4.28. The second-order valence-corrected chi connectivity index (χ2v) is 2.03. The van der Waals surface area contributed by atoms with Gasteiger partial charge in [-0.2, -0.15) is 0 Å². The zero-order chi connectivity index (χ0) is 6.69. The third kappa shape index (κ3) is 1.12. The summed E-state index contributed by atoms with van der Waals surface area (Å²) >= 11 is 0. The Hall–Kier alpha value is -0.790. The lowest BCUT2D eigenvalue weighted by atomic mass is 10.4. The van der Waals surface area contributed by atoms with Gasteiger partial charge in [-0.05, 0) is 6.20 Å². The predicted octanol–water partition coefficient (Wildman–Crippen LogP) is 1.25. The molecule has 1 aliphatic rings. The van der Waals surface area contributed by atoms with Crippen LogP contribution in [0.3, 0.4) is 0 Å². The molecule has 0 spiro atoms. The molecular formula is C7H12N2. The molecule has 50 valence electrons. The van der Waals surface area contributed by atoms with Crippen molar-refractivity contribution in [1.29, 1.82) is 0 Å². The Balaban J connectivity index is 2.56. The fourth-order valence-electron chi connectivity index (χ4n) is 1.02. The van der Waals surface area contributed by atoms with Crippen LogP contribution < -0.4 is 0 Å². The Kier molecular flexibility index (Phi) is 1.88. The number of hydrogen-bond acceptors (Lipinski definition) is 2. The molecule has 0 unspecified atom stereocenters. The van der Waals surface area contributed by atoms with Gasteiger partial charge in [-0.1, -0.05) is 13.5 Å². The highest BCUT2D eigenvalue weighted by atomic mass is 15.2.